The maximum absolute atomic E-state index is 12.8. The second-order valence-corrected chi connectivity index (χ2v) is 9.01. The second kappa shape index (κ2) is 12.1. The minimum atomic E-state index is -3.56. The first-order valence-electron chi connectivity index (χ1n) is 10.3. The average molecular weight is 422 g/mol. The van der Waals surface area contributed by atoms with Crippen molar-refractivity contribution in [3.8, 4) is 0 Å². The number of hydrogen-bond donors (Lipinski definition) is 4. The molecule has 0 aliphatic heterocycles. The Kier molecular flexibility index (Phi) is 9.83. The van der Waals surface area contributed by atoms with Crippen LogP contribution in [0.4, 0.5) is 5.69 Å². The van der Waals surface area contributed by atoms with Crippen LogP contribution in [0.5, 0.6) is 0 Å². The van der Waals surface area contributed by atoms with Gasteiger partial charge in [0.05, 0.1) is 4.90 Å². The fourth-order valence-corrected chi connectivity index (χ4v) is 4.50. The number of nitrogens with zero attached hydrogens (tertiary/aromatic N) is 1. The highest BCUT2D eigenvalue weighted by Crippen LogP contribution is 2.29. The molecule has 0 heterocycles. The molecule has 0 radical (unpaired) electrons. The topological polar surface area (TPSA) is 99.5 Å². The van der Waals surface area contributed by atoms with Crippen molar-refractivity contribution in [2.45, 2.75) is 24.2 Å². The zero-order chi connectivity index (χ0) is 21.1. The predicted molar refractivity (Wildman–Crippen MR) is 122 cm³/mol. The maximum atomic E-state index is 12.8. The van der Waals surface area contributed by atoms with Crippen LogP contribution < -0.4 is 26.0 Å². The first kappa shape index (κ1) is 23.6. The molecule has 162 valence electrons. The molecule has 0 atom stereocenters. The molecule has 0 amide bonds. The van der Waals surface area contributed by atoms with Crippen molar-refractivity contribution in [2.75, 3.05) is 58.3 Å². The molecular formula is C21H35N5O2S. The van der Waals surface area contributed by atoms with Crippen molar-refractivity contribution >= 4 is 26.5 Å². The average Bonchev–Trinajstić information content (AvgIpc) is 2.71. The normalized spacial score (nSPS) is 11.8. The van der Waals surface area contributed by atoms with Crippen LogP contribution in [0.3, 0.4) is 0 Å². The SMILES string of the molecule is CN(C)c1cccc2c(S(=O)(=O)NCCCNCCCNCCCN)cccc12. The fourth-order valence-electron chi connectivity index (χ4n) is 3.20. The molecule has 2 rings (SSSR count). The number of benzene rings is 2. The summed E-state index contributed by atoms with van der Waals surface area (Å²) < 4.78 is 28.4. The third kappa shape index (κ3) is 7.24. The van der Waals surface area contributed by atoms with Crippen LogP contribution in [0.1, 0.15) is 19.3 Å². The van der Waals surface area contributed by atoms with Crippen LogP contribution in [0.25, 0.3) is 10.8 Å². The summed E-state index contributed by atoms with van der Waals surface area (Å²) in [5.41, 5.74) is 6.45. The van der Waals surface area contributed by atoms with Gasteiger partial charge in [-0.15, -0.1) is 0 Å². The third-order valence-electron chi connectivity index (χ3n) is 4.72. The highest BCUT2D eigenvalue weighted by Gasteiger charge is 2.17. The first-order valence-corrected chi connectivity index (χ1v) is 11.8. The summed E-state index contributed by atoms with van der Waals surface area (Å²) in [7, 11) is 0.355. The summed E-state index contributed by atoms with van der Waals surface area (Å²) in [6.07, 6.45) is 2.79. The zero-order valence-corrected chi connectivity index (χ0v) is 18.4. The molecule has 0 bridgehead atoms. The molecule has 0 aromatic heterocycles. The van der Waals surface area contributed by atoms with Crippen LogP contribution in [0, 0.1) is 0 Å². The maximum Gasteiger partial charge on any atom is 0.241 e. The van der Waals surface area contributed by atoms with E-state index in [0.29, 0.717) is 11.4 Å². The van der Waals surface area contributed by atoms with Crippen molar-refractivity contribution in [1.29, 1.82) is 0 Å². The first-order chi connectivity index (χ1) is 14.0. The number of hydrogen-bond acceptors (Lipinski definition) is 6. The van der Waals surface area contributed by atoms with E-state index in [1.54, 1.807) is 12.1 Å². The van der Waals surface area contributed by atoms with Gasteiger partial charge in [0.1, 0.15) is 0 Å². The lowest BCUT2D eigenvalue weighted by molar-refractivity contribution is 0.563. The van der Waals surface area contributed by atoms with E-state index in [1.807, 2.05) is 43.3 Å². The number of fused-ring (bicyclic) bond motifs is 1. The molecule has 0 fully saturated rings. The van der Waals surface area contributed by atoms with Gasteiger partial charge in [-0.05, 0) is 64.1 Å². The molecule has 2 aromatic rings. The van der Waals surface area contributed by atoms with Gasteiger partial charge in [0, 0.05) is 37.1 Å². The van der Waals surface area contributed by atoms with Gasteiger partial charge in [-0.3, -0.25) is 0 Å². The van der Waals surface area contributed by atoms with E-state index in [2.05, 4.69) is 15.4 Å². The van der Waals surface area contributed by atoms with Crippen LogP contribution in [0.2, 0.25) is 0 Å². The number of nitrogens with one attached hydrogen (secondary N) is 3. The van der Waals surface area contributed by atoms with Crippen LogP contribution >= 0.6 is 0 Å². The summed E-state index contributed by atoms with van der Waals surface area (Å²) >= 11 is 0. The molecular weight excluding hydrogens is 386 g/mol. The van der Waals surface area contributed by atoms with Gasteiger partial charge in [0.25, 0.3) is 0 Å². The molecule has 29 heavy (non-hydrogen) atoms. The van der Waals surface area contributed by atoms with E-state index < -0.39 is 10.0 Å². The lowest BCUT2D eigenvalue weighted by Crippen LogP contribution is -2.29. The summed E-state index contributed by atoms with van der Waals surface area (Å²) in [5, 5.41) is 8.36. The number of nitrogens with two attached hydrogens (primary N) is 1. The van der Waals surface area contributed by atoms with Crippen LogP contribution in [-0.4, -0.2) is 61.8 Å². The molecule has 7 nitrogen and oxygen atoms in total. The van der Waals surface area contributed by atoms with E-state index in [-0.39, 0.29) is 0 Å². The van der Waals surface area contributed by atoms with Gasteiger partial charge in [-0.2, -0.15) is 0 Å². The highest BCUT2D eigenvalue weighted by molar-refractivity contribution is 7.89. The summed E-state index contributed by atoms with van der Waals surface area (Å²) in [4.78, 5) is 2.32. The molecule has 0 spiro atoms. The molecule has 8 heteroatoms. The number of sulfonamides is 1. The Bertz CT molecular complexity index is 855. The van der Waals surface area contributed by atoms with Gasteiger partial charge in [-0.25, -0.2) is 13.1 Å². The van der Waals surface area contributed by atoms with E-state index in [1.165, 1.54) is 0 Å². The fraction of sp³-hybridized carbons (Fsp3) is 0.524. The van der Waals surface area contributed by atoms with E-state index in [4.69, 9.17) is 5.73 Å². The highest BCUT2D eigenvalue weighted by atomic mass is 32.2. The Balaban J connectivity index is 1.81. The van der Waals surface area contributed by atoms with Crippen molar-refractivity contribution in [1.82, 2.24) is 15.4 Å². The number of rotatable bonds is 14. The largest absolute Gasteiger partial charge is 0.377 e. The smallest absolute Gasteiger partial charge is 0.241 e. The van der Waals surface area contributed by atoms with E-state index in [9.17, 15) is 8.42 Å². The third-order valence-corrected chi connectivity index (χ3v) is 6.24. The van der Waals surface area contributed by atoms with E-state index in [0.717, 1.165) is 68.4 Å². The van der Waals surface area contributed by atoms with Gasteiger partial charge in [-0.1, -0.05) is 24.3 Å². The molecule has 0 aliphatic rings. The van der Waals surface area contributed by atoms with Crippen molar-refractivity contribution < 1.29 is 8.42 Å². The van der Waals surface area contributed by atoms with Crippen LogP contribution in [-0.2, 0) is 10.0 Å². The molecule has 0 aliphatic carbocycles. The Morgan fingerprint density at radius 2 is 1.41 bits per heavy atom. The Labute approximate surface area is 175 Å². The van der Waals surface area contributed by atoms with E-state index >= 15 is 0 Å². The minimum Gasteiger partial charge on any atom is -0.377 e. The predicted octanol–water partition coefficient (Wildman–Crippen LogP) is 1.49. The zero-order valence-electron chi connectivity index (χ0n) is 17.6. The quantitative estimate of drug-likeness (QED) is 0.345. The molecule has 0 saturated carbocycles. The Morgan fingerprint density at radius 3 is 2.07 bits per heavy atom. The molecule has 2 aromatic carbocycles. The molecule has 5 N–H and O–H groups in total. The van der Waals surface area contributed by atoms with Crippen molar-refractivity contribution in [3.05, 3.63) is 36.4 Å². The lowest BCUT2D eigenvalue weighted by atomic mass is 10.1. The lowest BCUT2D eigenvalue weighted by Gasteiger charge is -2.17. The summed E-state index contributed by atoms with van der Waals surface area (Å²) in [6, 6.07) is 11.2. The second-order valence-electron chi connectivity index (χ2n) is 7.27. The molecule has 0 saturated heterocycles. The number of anilines is 1. The van der Waals surface area contributed by atoms with Crippen molar-refractivity contribution in [3.63, 3.8) is 0 Å². The summed E-state index contributed by atoms with van der Waals surface area (Å²) in [5.74, 6) is 0. The monoisotopic (exact) mass is 421 g/mol. The standard InChI is InChI=1S/C21H35N5O2S/c1-26(2)20-10-3-9-19-18(20)8-4-11-21(19)29(27,28)25-17-7-16-24-15-6-14-23-13-5-12-22/h3-4,8-11,23-25H,5-7,12-17,22H2,1-2H3. The minimum absolute atomic E-state index is 0.329. The van der Waals surface area contributed by atoms with Gasteiger partial charge in [0.2, 0.25) is 10.0 Å². The summed E-state index contributed by atoms with van der Waals surface area (Å²) in [6.45, 7) is 4.76. The Hall–Kier alpha value is -1.71. The molecule has 0 unspecified atom stereocenters. The van der Waals surface area contributed by atoms with Crippen LogP contribution in [0.15, 0.2) is 41.3 Å². The van der Waals surface area contributed by atoms with Gasteiger partial charge in [0.15, 0.2) is 0 Å². The van der Waals surface area contributed by atoms with Gasteiger partial charge < -0.3 is 21.3 Å². The Morgan fingerprint density at radius 1 is 0.828 bits per heavy atom. The van der Waals surface area contributed by atoms with Crippen molar-refractivity contribution in [2.24, 2.45) is 5.73 Å². The van der Waals surface area contributed by atoms with Gasteiger partial charge >= 0.3 is 0 Å².